The van der Waals surface area contributed by atoms with Gasteiger partial charge in [0, 0.05) is 5.54 Å². The van der Waals surface area contributed by atoms with E-state index in [1.165, 1.54) is 57.4 Å². The predicted octanol–water partition coefficient (Wildman–Crippen LogP) is 3.08. The van der Waals surface area contributed by atoms with Crippen molar-refractivity contribution in [2.24, 2.45) is 0 Å². The Kier molecular flexibility index (Phi) is 5.41. The number of rotatable bonds is 4. The van der Waals surface area contributed by atoms with Gasteiger partial charge in [-0.3, -0.25) is 4.90 Å². The van der Waals surface area contributed by atoms with E-state index in [0.29, 0.717) is 5.54 Å². The van der Waals surface area contributed by atoms with Crippen LogP contribution in [0.5, 0.6) is 0 Å². The van der Waals surface area contributed by atoms with Crippen molar-refractivity contribution in [3.8, 4) is 0 Å². The second-order valence-corrected chi connectivity index (χ2v) is 6.24. The van der Waals surface area contributed by atoms with Gasteiger partial charge >= 0.3 is 0 Å². The molecule has 1 aromatic rings. The van der Waals surface area contributed by atoms with Crippen LogP contribution in [0.4, 0.5) is 0 Å². The van der Waals surface area contributed by atoms with Crippen molar-refractivity contribution in [3.05, 3.63) is 35.9 Å². The number of hydrogen-bond donors (Lipinski definition) is 1. The van der Waals surface area contributed by atoms with Crippen molar-refractivity contribution < 1.29 is 0 Å². The van der Waals surface area contributed by atoms with Crippen LogP contribution in [0, 0.1) is 0 Å². The molecule has 0 aromatic heterocycles. The van der Waals surface area contributed by atoms with Crippen LogP contribution in [0.3, 0.4) is 0 Å². The molecule has 2 rings (SSSR count). The van der Waals surface area contributed by atoms with E-state index < -0.39 is 0 Å². The molecule has 2 nitrogen and oxygen atoms in total. The summed E-state index contributed by atoms with van der Waals surface area (Å²) in [5, 5.41) is 3.49. The molecule has 19 heavy (non-hydrogen) atoms. The zero-order chi connectivity index (χ0) is 13.6. The number of aryl methyl sites for hydroxylation is 1. The minimum Gasteiger partial charge on any atom is -0.317 e. The van der Waals surface area contributed by atoms with Gasteiger partial charge in [-0.15, -0.1) is 0 Å². The molecule has 1 aromatic carbocycles. The Balaban J connectivity index is 1.88. The largest absolute Gasteiger partial charge is 0.317 e. The molecular formula is C17H28N2. The molecular weight excluding hydrogens is 232 g/mol. The lowest BCUT2D eigenvalue weighted by Crippen LogP contribution is -2.47. The van der Waals surface area contributed by atoms with Crippen LogP contribution in [0.25, 0.3) is 0 Å². The van der Waals surface area contributed by atoms with E-state index in [1.54, 1.807) is 0 Å². The van der Waals surface area contributed by atoms with Crippen molar-refractivity contribution in [3.63, 3.8) is 0 Å². The molecule has 0 unspecified atom stereocenters. The summed E-state index contributed by atoms with van der Waals surface area (Å²) >= 11 is 0. The fourth-order valence-corrected chi connectivity index (χ4v) is 2.88. The van der Waals surface area contributed by atoms with Gasteiger partial charge in [-0.05, 0) is 71.3 Å². The molecule has 1 aliphatic heterocycles. The summed E-state index contributed by atoms with van der Waals surface area (Å²) < 4.78 is 0. The summed E-state index contributed by atoms with van der Waals surface area (Å²) in [6, 6.07) is 10.9. The first-order chi connectivity index (χ1) is 9.18. The van der Waals surface area contributed by atoms with Gasteiger partial charge in [-0.1, -0.05) is 30.3 Å². The average Bonchev–Trinajstić information content (AvgIpc) is 2.37. The Morgan fingerprint density at radius 2 is 1.68 bits per heavy atom. The highest BCUT2D eigenvalue weighted by Gasteiger charge is 2.26. The van der Waals surface area contributed by atoms with Crippen LogP contribution in [-0.4, -0.2) is 36.6 Å². The van der Waals surface area contributed by atoms with Crippen LogP contribution in [0.15, 0.2) is 30.3 Å². The Morgan fingerprint density at radius 1 is 1.05 bits per heavy atom. The van der Waals surface area contributed by atoms with Gasteiger partial charge in [0.05, 0.1) is 0 Å². The van der Waals surface area contributed by atoms with Gasteiger partial charge < -0.3 is 5.32 Å². The predicted molar refractivity (Wildman–Crippen MR) is 82.5 cm³/mol. The minimum absolute atomic E-state index is 0.313. The normalized spacial score (nSPS) is 18.8. The highest BCUT2D eigenvalue weighted by Crippen LogP contribution is 2.22. The SMILES string of the molecule is CC(C)(CCc1ccccc1)N1CCCNCCC1. The summed E-state index contributed by atoms with van der Waals surface area (Å²) in [4.78, 5) is 2.69. The van der Waals surface area contributed by atoms with Crippen molar-refractivity contribution >= 4 is 0 Å². The number of nitrogens with one attached hydrogen (secondary N) is 1. The number of hydrogen-bond acceptors (Lipinski definition) is 2. The van der Waals surface area contributed by atoms with Crippen LogP contribution in [0.2, 0.25) is 0 Å². The fourth-order valence-electron chi connectivity index (χ4n) is 2.88. The van der Waals surface area contributed by atoms with Gasteiger partial charge in [0.2, 0.25) is 0 Å². The molecule has 0 amide bonds. The van der Waals surface area contributed by atoms with E-state index in [-0.39, 0.29) is 0 Å². The van der Waals surface area contributed by atoms with E-state index in [2.05, 4.69) is 54.4 Å². The highest BCUT2D eigenvalue weighted by molar-refractivity contribution is 5.15. The van der Waals surface area contributed by atoms with E-state index in [4.69, 9.17) is 0 Å². The van der Waals surface area contributed by atoms with Gasteiger partial charge in [0.1, 0.15) is 0 Å². The standard InChI is InChI=1S/C17H28N2/c1-17(2,11-10-16-8-4-3-5-9-16)19-14-6-12-18-13-7-15-19/h3-5,8-9,18H,6-7,10-15H2,1-2H3. The third-order valence-corrected chi connectivity index (χ3v) is 4.29. The Hall–Kier alpha value is -0.860. The summed E-state index contributed by atoms with van der Waals surface area (Å²) in [5.74, 6) is 0. The summed E-state index contributed by atoms with van der Waals surface area (Å²) in [7, 11) is 0. The minimum atomic E-state index is 0.313. The molecule has 1 N–H and O–H groups in total. The lowest BCUT2D eigenvalue weighted by molar-refractivity contribution is 0.103. The first kappa shape index (κ1) is 14.5. The highest BCUT2D eigenvalue weighted by atomic mass is 15.2. The van der Waals surface area contributed by atoms with Crippen LogP contribution in [-0.2, 0) is 6.42 Å². The third kappa shape index (κ3) is 4.63. The molecule has 0 spiro atoms. The zero-order valence-corrected chi connectivity index (χ0v) is 12.5. The molecule has 1 heterocycles. The quantitative estimate of drug-likeness (QED) is 0.895. The first-order valence-electron chi connectivity index (χ1n) is 7.68. The fraction of sp³-hybridized carbons (Fsp3) is 0.647. The van der Waals surface area contributed by atoms with Gasteiger partial charge in [0.15, 0.2) is 0 Å². The Labute approximate surface area is 118 Å². The van der Waals surface area contributed by atoms with Gasteiger partial charge in [-0.25, -0.2) is 0 Å². The molecule has 0 bridgehead atoms. The molecule has 0 atom stereocenters. The van der Waals surface area contributed by atoms with Crippen LogP contribution < -0.4 is 5.32 Å². The molecule has 0 saturated carbocycles. The van der Waals surface area contributed by atoms with Crippen molar-refractivity contribution in [1.29, 1.82) is 0 Å². The van der Waals surface area contributed by atoms with E-state index in [1.807, 2.05) is 0 Å². The van der Waals surface area contributed by atoms with Crippen molar-refractivity contribution in [2.75, 3.05) is 26.2 Å². The smallest absolute Gasteiger partial charge is 0.0156 e. The molecule has 2 heteroatoms. The second kappa shape index (κ2) is 7.06. The van der Waals surface area contributed by atoms with Gasteiger partial charge in [0.25, 0.3) is 0 Å². The second-order valence-electron chi connectivity index (χ2n) is 6.24. The van der Waals surface area contributed by atoms with E-state index in [0.717, 1.165) is 0 Å². The molecule has 0 aliphatic carbocycles. The maximum atomic E-state index is 3.49. The number of nitrogens with zero attached hydrogens (tertiary/aromatic N) is 1. The monoisotopic (exact) mass is 260 g/mol. The first-order valence-corrected chi connectivity index (χ1v) is 7.68. The van der Waals surface area contributed by atoms with E-state index >= 15 is 0 Å². The topological polar surface area (TPSA) is 15.3 Å². The van der Waals surface area contributed by atoms with Crippen molar-refractivity contribution in [1.82, 2.24) is 10.2 Å². The lowest BCUT2D eigenvalue weighted by atomic mass is 9.92. The molecule has 0 radical (unpaired) electrons. The summed E-state index contributed by atoms with van der Waals surface area (Å²) in [6.07, 6.45) is 4.97. The lowest BCUT2D eigenvalue weighted by Gasteiger charge is -2.40. The third-order valence-electron chi connectivity index (χ3n) is 4.29. The zero-order valence-electron chi connectivity index (χ0n) is 12.5. The van der Waals surface area contributed by atoms with E-state index in [9.17, 15) is 0 Å². The molecule has 1 saturated heterocycles. The Bertz CT molecular complexity index is 351. The number of benzene rings is 1. The van der Waals surface area contributed by atoms with Crippen LogP contribution >= 0.6 is 0 Å². The summed E-state index contributed by atoms with van der Waals surface area (Å²) in [5.41, 5.74) is 1.77. The van der Waals surface area contributed by atoms with Gasteiger partial charge in [-0.2, -0.15) is 0 Å². The van der Waals surface area contributed by atoms with Crippen molar-refractivity contribution in [2.45, 2.75) is 45.1 Å². The Morgan fingerprint density at radius 3 is 2.32 bits per heavy atom. The molecule has 106 valence electrons. The molecule has 1 fully saturated rings. The molecule has 1 aliphatic rings. The summed E-state index contributed by atoms with van der Waals surface area (Å²) in [6.45, 7) is 9.62. The average molecular weight is 260 g/mol. The van der Waals surface area contributed by atoms with Crippen LogP contribution in [0.1, 0.15) is 38.7 Å². The maximum Gasteiger partial charge on any atom is 0.0156 e. The maximum absolute atomic E-state index is 3.49.